The molecule has 2 aromatic rings. The van der Waals surface area contributed by atoms with Crippen LogP contribution in [0.1, 0.15) is 154 Å². The van der Waals surface area contributed by atoms with E-state index in [4.69, 9.17) is 0 Å². The second-order valence-corrected chi connectivity index (χ2v) is 11.4. The molecule has 1 N–H and O–H groups in total. The molecule has 208 valence electrons. The van der Waals surface area contributed by atoms with Gasteiger partial charge in [-0.1, -0.05) is 172 Å². The fraction of sp³-hybridized carbons (Fsp3) is 0.667. The summed E-state index contributed by atoms with van der Waals surface area (Å²) in [6.45, 7) is 2.30. The molecule has 0 radical (unpaired) electrons. The van der Waals surface area contributed by atoms with Crippen LogP contribution < -0.4 is 5.32 Å². The van der Waals surface area contributed by atoms with Crippen molar-refractivity contribution in [1.29, 1.82) is 0 Å². The van der Waals surface area contributed by atoms with E-state index in [2.05, 4.69) is 66.8 Å². The smallest absolute Gasteiger partial charge is 0.0384 e. The monoisotopic (exact) mass is 505 g/mol. The first-order chi connectivity index (χ1) is 18.4. The molecular formula is C36H59N. The predicted molar refractivity (Wildman–Crippen MR) is 167 cm³/mol. The Morgan fingerprint density at radius 3 is 1.14 bits per heavy atom. The second-order valence-electron chi connectivity index (χ2n) is 11.4. The summed E-state index contributed by atoms with van der Waals surface area (Å²) < 4.78 is 0. The number of hydrogen-bond acceptors (Lipinski definition) is 1. The minimum atomic E-state index is 1.15. The van der Waals surface area contributed by atoms with Crippen LogP contribution in [0.5, 0.6) is 0 Å². The van der Waals surface area contributed by atoms with Crippen LogP contribution >= 0.6 is 0 Å². The van der Waals surface area contributed by atoms with Crippen molar-refractivity contribution in [2.45, 2.75) is 155 Å². The number of unbranched alkanes of at least 4 members (excludes halogenated alkanes) is 21. The third kappa shape index (κ3) is 18.2. The van der Waals surface area contributed by atoms with Gasteiger partial charge < -0.3 is 5.32 Å². The first kappa shape index (κ1) is 31.5. The minimum Gasteiger partial charge on any atom is -0.356 e. The maximum atomic E-state index is 3.46. The van der Waals surface area contributed by atoms with Crippen molar-refractivity contribution < 1.29 is 0 Å². The Hall–Kier alpha value is -1.76. The highest BCUT2D eigenvalue weighted by molar-refractivity contribution is 5.59. The van der Waals surface area contributed by atoms with E-state index in [9.17, 15) is 0 Å². The van der Waals surface area contributed by atoms with E-state index in [0.29, 0.717) is 0 Å². The SMILES string of the molecule is CCCCCCCCCCCCCCCCCCCCCCCCc1ccc(Nc2ccccc2)cc1. The van der Waals surface area contributed by atoms with E-state index in [1.807, 2.05) is 0 Å². The zero-order valence-corrected chi connectivity index (χ0v) is 24.5. The minimum absolute atomic E-state index is 1.15. The average molecular weight is 506 g/mol. The van der Waals surface area contributed by atoms with E-state index >= 15 is 0 Å². The van der Waals surface area contributed by atoms with Gasteiger partial charge in [0.05, 0.1) is 0 Å². The number of hydrogen-bond donors (Lipinski definition) is 1. The van der Waals surface area contributed by atoms with Crippen LogP contribution in [0.25, 0.3) is 0 Å². The molecule has 1 nitrogen and oxygen atoms in total. The molecule has 2 aromatic carbocycles. The molecule has 0 aliphatic rings. The molecule has 0 aliphatic heterocycles. The molecular weight excluding hydrogens is 446 g/mol. The lowest BCUT2D eigenvalue weighted by atomic mass is 10.0. The van der Waals surface area contributed by atoms with Crippen molar-refractivity contribution in [3.63, 3.8) is 0 Å². The van der Waals surface area contributed by atoms with Crippen molar-refractivity contribution in [3.05, 3.63) is 60.2 Å². The lowest BCUT2D eigenvalue weighted by Crippen LogP contribution is -1.91. The van der Waals surface area contributed by atoms with Crippen LogP contribution in [0.2, 0.25) is 0 Å². The number of nitrogens with one attached hydrogen (secondary N) is 1. The molecule has 0 unspecified atom stereocenters. The Morgan fingerprint density at radius 1 is 0.378 bits per heavy atom. The molecule has 0 saturated carbocycles. The molecule has 1 heteroatoms. The fourth-order valence-corrected chi connectivity index (χ4v) is 5.38. The maximum Gasteiger partial charge on any atom is 0.0384 e. The van der Waals surface area contributed by atoms with Gasteiger partial charge in [0.15, 0.2) is 0 Å². The maximum absolute atomic E-state index is 3.46. The lowest BCUT2D eigenvalue weighted by molar-refractivity contribution is 0.519. The van der Waals surface area contributed by atoms with E-state index in [1.54, 1.807) is 0 Å². The molecule has 0 heterocycles. The molecule has 37 heavy (non-hydrogen) atoms. The van der Waals surface area contributed by atoms with Crippen LogP contribution in [-0.4, -0.2) is 0 Å². The summed E-state index contributed by atoms with van der Waals surface area (Å²) in [6.07, 6.45) is 33.1. The van der Waals surface area contributed by atoms with Crippen LogP contribution in [0, 0.1) is 0 Å². The first-order valence-corrected chi connectivity index (χ1v) is 16.3. The summed E-state index contributed by atoms with van der Waals surface area (Å²) in [6, 6.07) is 19.4. The Kier molecular flexibility index (Phi) is 19.9. The number of benzene rings is 2. The summed E-state index contributed by atoms with van der Waals surface area (Å²) >= 11 is 0. The molecule has 0 bridgehead atoms. The molecule has 2 rings (SSSR count). The van der Waals surface area contributed by atoms with E-state index in [1.165, 1.54) is 159 Å². The molecule has 0 fully saturated rings. The first-order valence-electron chi connectivity index (χ1n) is 16.3. The molecule has 0 amide bonds. The fourth-order valence-electron chi connectivity index (χ4n) is 5.38. The van der Waals surface area contributed by atoms with Crippen LogP contribution in [0.15, 0.2) is 54.6 Å². The summed E-state index contributed by atoms with van der Waals surface area (Å²) in [7, 11) is 0. The molecule has 0 aliphatic carbocycles. The number of para-hydroxylation sites is 1. The average Bonchev–Trinajstić information content (AvgIpc) is 2.93. The standard InChI is InChI=1S/C36H59N/c1-2-3-4-5-6-7-8-9-10-11-12-13-14-15-16-17-18-19-20-21-22-24-27-34-30-32-36(33-31-34)37-35-28-25-23-26-29-35/h23,25-26,28-33,37H,2-22,24,27H2,1H3. The van der Waals surface area contributed by atoms with Gasteiger partial charge in [0, 0.05) is 11.4 Å². The zero-order chi connectivity index (χ0) is 26.1. The van der Waals surface area contributed by atoms with Crippen molar-refractivity contribution in [2.75, 3.05) is 5.32 Å². The Morgan fingerprint density at radius 2 is 0.730 bits per heavy atom. The highest BCUT2D eigenvalue weighted by Gasteiger charge is 1.98. The van der Waals surface area contributed by atoms with Crippen molar-refractivity contribution in [2.24, 2.45) is 0 Å². The number of rotatable bonds is 25. The predicted octanol–water partition coefficient (Wildman–Crippen LogP) is 12.6. The molecule has 0 atom stereocenters. The largest absolute Gasteiger partial charge is 0.356 e. The van der Waals surface area contributed by atoms with E-state index < -0.39 is 0 Å². The molecule has 0 spiro atoms. The third-order valence-electron chi connectivity index (χ3n) is 7.84. The second kappa shape index (κ2) is 23.4. The number of anilines is 2. The quantitative estimate of drug-likeness (QED) is 0.132. The van der Waals surface area contributed by atoms with Crippen LogP contribution in [0.3, 0.4) is 0 Å². The highest BCUT2D eigenvalue weighted by atomic mass is 14.9. The summed E-state index contributed by atoms with van der Waals surface area (Å²) in [5.41, 5.74) is 3.78. The van der Waals surface area contributed by atoms with Crippen molar-refractivity contribution in [1.82, 2.24) is 0 Å². The van der Waals surface area contributed by atoms with Gasteiger partial charge in [-0.25, -0.2) is 0 Å². The highest BCUT2D eigenvalue weighted by Crippen LogP contribution is 2.19. The molecule has 0 aromatic heterocycles. The van der Waals surface area contributed by atoms with Crippen molar-refractivity contribution in [3.8, 4) is 0 Å². The van der Waals surface area contributed by atoms with Gasteiger partial charge in [-0.3, -0.25) is 0 Å². The van der Waals surface area contributed by atoms with Crippen LogP contribution in [0.4, 0.5) is 11.4 Å². The summed E-state index contributed by atoms with van der Waals surface area (Å²) in [5.74, 6) is 0. The lowest BCUT2D eigenvalue weighted by Gasteiger charge is -2.07. The Balaban J connectivity index is 1.27. The van der Waals surface area contributed by atoms with Crippen molar-refractivity contribution >= 4 is 11.4 Å². The Labute approximate surface area is 231 Å². The van der Waals surface area contributed by atoms with E-state index in [0.717, 1.165) is 5.69 Å². The van der Waals surface area contributed by atoms with Gasteiger partial charge in [0.25, 0.3) is 0 Å². The van der Waals surface area contributed by atoms with Gasteiger partial charge in [-0.2, -0.15) is 0 Å². The summed E-state index contributed by atoms with van der Waals surface area (Å²) in [5, 5.41) is 3.46. The number of aryl methyl sites for hydroxylation is 1. The zero-order valence-electron chi connectivity index (χ0n) is 24.5. The third-order valence-corrected chi connectivity index (χ3v) is 7.84. The van der Waals surface area contributed by atoms with E-state index in [-0.39, 0.29) is 0 Å². The van der Waals surface area contributed by atoms with Gasteiger partial charge in [0.2, 0.25) is 0 Å². The topological polar surface area (TPSA) is 12.0 Å². The van der Waals surface area contributed by atoms with Crippen LogP contribution in [-0.2, 0) is 6.42 Å². The molecule has 0 saturated heterocycles. The van der Waals surface area contributed by atoms with Gasteiger partial charge in [0.1, 0.15) is 0 Å². The Bertz CT molecular complexity index is 720. The van der Waals surface area contributed by atoms with Gasteiger partial charge in [-0.15, -0.1) is 0 Å². The van der Waals surface area contributed by atoms with Gasteiger partial charge in [-0.05, 0) is 42.7 Å². The van der Waals surface area contributed by atoms with Gasteiger partial charge >= 0.3 is 0 Å². The normalized spacial score (nSPS) is 11.2. The summed E-state index contributed by atoms with van der Waals surface area (Å²) in [4.78, 5) is 0.